The quantitative estimate of drug-likeness (QED) is 0.877. The van der Waals surface area contributed by atoms with Crippen LogP contribution in [0.5, 0.6) is 11.5 Å². The number of anilines is 1. The van der Waals surface area contributed by atoms with Crippen molar-refractivity contribution in [3.8, 4) is 11.5 Å². The maximum atomic E-state index is 12.2. The lowest BCUT2D eigenvalue weighted by atomic mass is 10.2. The Labute approximate surface area is 138 Å². The number of carbonyl (C=O) groups excluding carboxylic acids is 1. The molecule has 2 aromatic carbocycles. The summed E-state index contributed by atoms with van der Waals surface area (Å²) >= 11 is 11.8. The summed E-state index contributed by atoms with van der Waals surface area (Å²) in [5.41, 5.74) is 0.578. The van der Waals surface area contributed by atoms with E-state index in [4.69, 9.17) is 32.7 Å². The fourth-order valence-corrected chi connectivity index (χ4v) is 2.34. The smallest absolute Gasteiger partial charge is 0.265 e. The second kappa shape index (κ2) is 7.38. The highest BCUT2D eigenvalue weighted by Gasteiger charge is 2.17. The Kier molecular flexibility index (Phi) is 5.52. The summed E-state index contributed by atoms with van der Waals surface area (Å²) in [6, 6.07) is 11.9. The highest BCUT2D eigenvalue weighted by Crippen LogP contribution is 2.26. The highest BCUT2D eigenvalue weighted by atomic mass is 35.5. The van der Waals surface area contributed by atoms with Crippen molar-refractivity contribution in [3.05, 3.63) is 52.5 Å². The molecule has 0 fully saturated rings. The first-order chi connectivity index (χ1) is 10.5. The van der Waals surface area contributed by atoms with Gasteiger partial charge in [0.05, 0.1) is 12.8 Å². The Hall–Kier alpha value is -1.91. The lowest BCUT2D eigenvalue weighted by Crippen LogP contribution is -2.30. The first-order valence-corrected chi connectivity index (χ1v) is 7.32. The van der Waals surface area contributed by atoms with E-state index in [2.05, 4.69) is 5.32 Å². The van der Waals surface area contributed by atoms with E-state index in [1.807, 2.05) is 6.07 Å². The van der Waals surface area contributed by atoms with E-state index in [9.17, 15) is 4.79 Å². The molecule has 0 radical (unpaired) electrons. The Balaban J connectivity index is 2.06. The van der Waals surface area contributed by atoms with E-state index < -0.39 is 6.10 Å². The molecule has 6 heteroatoms. The molecule has 116 valence electrons. The number of carbonyl (C=O) groups is 1. The third-order valence-electron chi connectivity index (χ3n) is 2.88. The van der Waals surface area contributed by atoms with Crippen LogP contribution in [0.2, 0.25) is 10.0 Å². The van der Waals surface area contributed by atoms with Gasteiger partial charge in [-0.05, 0) is 37.3 Å². The van der Waals surface area contributed by atoms with Crippen molar-refractivity contribution in [2.75, 3.05) is 12.4 Å². The number of hydrogen-bond acceptors (Lipinski definition) is 3. The maximum Gasteiger partial charge on any atom is 0.265 e. The fraction of sp³-hybridized carbons (Fsp3) is 0.188. The molecule has 4 nitrogen and oxygen atoms in total. The summed E-state index contributed by atoms with van der Waals surface area (Å²) in [5, 5.41) is 3.64. The minimum Gasteiger partial charge on any atom is -0.495 e. The molecule has 0 aliphatic rings. The summed E-state index contributed by atoms with van der Waals surface area (Å²) in [6.45, 7) is 1.64. The molecule has 0 saturated heterocycles. The Bertz CT molecular complexity index is 656. The molecule has 0 heterocycles. The summed E-state index contributed by atoms with van der Waals surface area (Å²) in [4.78, 5) is 12.2. The largest absolute Gasteiger partial charge is 0.495 e. The summed E-state index contributed by atoms with van der Waals surface area (Å²) in [6.07, 6.45) is -0.723. The molecule has 0 aliphatic heterocycles. The first kappa shape index (κ1) is 16.5. The van der Waals surface area contributed by atoms with Crippen molar-refractivity contribution in [1.82, 2.24) is 0 Å². The third-order valence-corrected chi connectivity index (χ3v) is 3.32. The number of rotatable bonds is 5. The number of para-hydroxylation sites is 2. The van der Waals surface area contributed by atoms with E-state index in [0.717, 1.165) is 0 Å². The van der Waals surface area contributed by atoms with Gasteiger partial charge in [0, 0.05) is 10.0 Å². The van der Waals surface area contributed by atoms with E-state index in [1.54, 1.807) is 50.4 Å². The highest BCUT2D eigenvalue weighted by molar-refractivity contribution is 6.34. The minimum absolute atomic E-state index is 0.305. The van der Waals surface area contributed by atoms with Crippen molar-refractivity contribution < 1.29 is 14.3 Å². The number of hydrogen-bond donors (Lipinski definition) is 1. The Morgan fingerprint density at radius 1 is 1.14 bits per heavy atom. The monoisotopic (exact) mass is 339 g/mol. The molecule has 0 aliphatic carbocycles. The van der Waals surface area contributed by atoms with Gasteiger partial charge in [-0.3, -0.25) is 4.79 Å². The Morgan fingerprint density at radius 3 is 2.41 bits per heavy atom. The van der Waals surface area contributed by atoms with Gasteiger partial charge >= 0.3 is 0 Å². The second-order valence-electron chi connectivity index (χ2n) is 4.55. The fourth-order valence-electron chi connectivity index (χ4n) is 1.84. The average Bonchev–Trinajstić information content (AvgIpc) is 2.46. The zero-order valence-electron chi connectivity index (χ0n) is 12.1. The lowest BCUT2D eigenvalue weighted by molar-refractivity contribution is -0.122. The molecule has 1 unspecified atom stereocenters. The summed E-state index contributed by atoms with van der Waals surface area (Å²) in [5.74, 6) is 0.703. The number of nitrogens with one attached hydrogen (secondary N) is 1. The van der Waals surface area contributed by atoms with Gasteiger partial charge in [-0.25, -0.2) is 0 Å². The van der Waals surface area contributed by atoms with Gasteiger partial charge in [0.1, 0.15) is 11.5 Å². The molecule has 22 heavy (non-hydrogen) atoms. The van der Waals surface area contributed by atoms with Crippen LogP contribution >= 0.6 is 23.2 Å². The molecule has 1 atom stereocenters. The predicted octanol–water partition coefficient (Wildman–Crippen LogP) is 4.41. The number of benzene rings is 2. The minimum atomic E-state index is -0.723. The number of methoxy groups -OCH3 is 1. The number of amides is 1. The third kappa shape index (κ3) is 4.29. The first-order valence-electron chi connectivity index (χ1n) is 6.56. The van der Waals surface area contributed by atoms with Gasteiger partial charge in [-0.2, -0.15) is 0 Å². The van der Waals surface area contributed by atoms with E-state index in [1.165, 1.54) is 0 Å². The molecular formula is C16H15Cl2NO3. The molecule has 2 aromatic rings. The van der Waals surface area contributed by atoms with Crippen LogP contribution in [0.25, 0.3) is 0 Å². The number of ether oxygens (including phenoxy) is 2. The van der Waals surface area contributed by atoms with E-state index >= 15 is 0 Å². The summed E-state index contributed by atoms with van der Waals surface area (Å²) in [7, 11) is 1.54. The molecule has 0 bridgehead atoms. The number of halogens is 2. The topological polar surface area (TPSA) is 47.6 Å². The zero-order valence-corrected chi connectivity index (χ0v) is 13.6. The molecule has 0 saturated carbocycles. The van der Waals surface area contributed by atoms with Gasteiger partial charge < -0.3 is 14.8 Å². The molecule has 0 aromatic heterocycles. The predicted molar refractivity (Wildman–Crippen MR) is 88.2 cm³/mol. The van der Waals surface area contributed by atoms with Gasteiger partial charge in [-0.15, -0.1) is 0 Å². The van der Waals surface area contributed by atoms with Crippen LogP contribution in [0.15, 0.2) is 42.5 Å². The molecular weight excluding hydrogens is 325 g/mol. The maximum absolute atomic E-state index is 12.2. The van der Waals surface area contributed by atoms with Gasteiger partial charge in [-0.1, -0.05) is 35.3 Å². The zero-order chi connectivity index (χ0) is 16.1. The van der Waals surface area contributed by atoms with Crippen LogP contribution in [0.4, 0.5) is 5.69 Å². The standard InChI is InChI=1S/C16H15Cl2NO3/c1-10(22-13-8-11(17)7-12(18)9-13)16(20)19-14-5-3-4-6-15(14)21-2/h3-10H,1-2H3,(H,19,20). The lowest BCUT2D eigenvalue weighted by Gasteiger charge is -2.16. The van der Waals surface area contributed by atoms with Crippen LogP contribution in [0.1, 0.15) is 6.92 Å². The molecule has 2 rings (SSSR count). The van der Waals surface area contributed by atoms with Crippen molar-refractivity contribution in [2.24, 2.45) is 0 Å². The van der Waals surface area contributed by atoms with Crippen molar-refractivity contribution in [2.45, 2.75) is 13.0 Å². The molecule has 1 N–H and O–H groups in total. The second-order valence-corrected chi connectivity index (χ2v) is 5.43. The normalized spacial score (nSPS) is 11.6. The SMILES string of the molecule is COc1ccccc1NC(=O)C(C)Oc1cc(Cl)cc(Cl)c1. The van der Waals surface area contributed by atoms with Gasteiger partial charge in [0.15, 0.2) is 6.10 Å². The summed E-state index contributed by atoms with van der Waals surface area (Å²) < 4.78 is 10.7. The molecule has 0 spiro atoms. The van der Waals surface area contributed by atoms with Crippen LogP contribution < -0.4 is 14.8 Å². The molecule has 1 amide bonds. The van der Waals surface area contributed by atoms with E-state index in [0.29, 0.717) is 27.2 Å². The van der Waals surface area contributed by atoms with E-state index in [-0.39, 0.29) is 5.91 Å². The van der Waals surface area contributed by atoms with Crippen LogP contribution in [-0.2, 0) is 4.79 Å². The van der Waals surface area contributed by atoms with Crippen molar-refractivity contribution in [1.29, 1.82) is 0 Å². The van der Waals surface area contributed by atoms with Crippen LogP contribution in [0, 0.1) is 0 Å². The van der Waals surface area contributed by atoms with Crippen molar-refractivity contribution in [3.63, 3.8) is 0 Å². The van der Waals surface area contributed by atoms with Gasteiger partial charge in [0.25, 0.3) is 5.91 Å². The van der Waals surface area contributed by atoms with Crippen LogP contribution in [-0.4, -0.2) is 19.1 Å². The van der Waals surface area contributed by atoms with Crippen molar-refractivity contribution >= 4 is 34.8 Å². The van der Waals surface area contributed by atoms with Gasteiger partial charge in [0.2, 0.25) is 0 Å². The Morgan fingerprint density at radius 2 is 1.77 bits per heavy atom. The average molecular weight is 340 g/mol. The van der Waals surface area contributed by atoms with Crippen LogP contribution in [0.3, 0.4) is 0 Å².